The lowest BCUT2D eigenvalue weighted by Crippen LogP contribution is -2.19. The van der Waals surface area contributed by atoms with Gasteiger partial charge in [-0.3, -0.25) is 0 Å². The van der Waals surface area contributed by atoms with Crippen LogP contribution in [-0.4, -0.2) is 13.1 Å². The molecule has 2 amide bonds. The Hall–Kier alpha value is -2.98. The maximum absolute atomic E-state index is 10.9. The van der Waals surface area contributed by atoms with E-state index in [-0.39, 0.29) is 0 Å². The third-order valence-corrected chi connectivity index (χ3v) is 4.29. The fourth-order valence-electron chi connectivity index (χ4n) is 2.83. The standard InChI is InChI=1S/C21H19ClN2O2/c1-26-20-10-7-16(15-3-2-4-18(22)13-15)12-17(20)11-14-5-8-19(9-6-14)24-21(23)25/h2-10,12-13H,11H2,1H3,(H3,23,24,25). The van der Waals surface area contributed by atoms with E-state index in [0.717, 1.165) is 28.0 Å². The largest absolute Gasteiger partial charge is 0.496 e. The molecule has 26 heavy (non-hydrogen) atoms. The number of hydrogen-bond acceptors (Lipinski definition) is 2. The molecule has 3 rings (SSSR count). The average Bonchev–Trinajstić information content (AvgIpc) is 2.63. The van der Waals surface area contributed by atoms with Crippen LogP contribution in [0.2, 0.25) is 5.02 Å². The van der Waals surface area contributed by atoms with Crippen molar-refractivity contribution >= 4 is 23.3 Å². The van der Waals surface area contributed by atoms with E-state index in [0.29, 0.717) is 17.1 Å². The Kier molecular flexibility index (Phi) is 5.44. The summed E-state index contributed by atoms with van der Waals surface area (Å²) in [5.41, 5.74) is 10.1. The zero-order valence-electron chi connectivity index (χ0n) is 14.3. The number of benzene rings is 3. The molecule has 0 radical (unpaired) electrons. The number of nitrogens with one attached hydrogen (secondary N) is 1. The van der Waals surface area contributed by atoms with Gasteiger partial charge in [-0.2, -0.15) is 0 Å². The molecule has 132 valence electrons. The number of urea groups is 1. The second kappa shape index (κ2) is 7.93. The van der Waals surface area contributed by atoms with E-state index in [4.69, 9.17) is 22.1 Å². The van der Waals surface area contributed by atoms with Crippen molar-refractivity contribution < 1.29 is 9.53 Å². The first kappa shape index (κ1) is 17.8. The molecule has 0 aliphatic carbocycles. The van der Waals surface area contributed by atoms with Crippen molar-refractivity contribution in [1.29, 1.82) is 0 Å². The Labute approximate surface area is 157 Å². The average molecular weight is 367 g/mol. The Morgan fingerprint density at radius 2 is 1.77 bits per heavy atom. The summed E-state index contributed by atoms with van der Waals surface area (Å²) >= 11 is 6.11. The summed E-state index contributed by atoms with van der Waals surface area (Å²) in [4.78, 5) is 10.9. The van der Waals surface area contributed by atoms with Crippen molar-refractivity contribution in [3.05, 3.63) is 82.9 Å². The van der Waals surface area contributed by atoms with E-state index >= 15 is 0 Å². The van der Waals surface area contributed by atoms with Crippen LogP contribution in [0.5, 0.6) is 5.75 Å². The Bertz CT molecular complexity index is 924. The van der Waals surface area contributed by atoms with Gasteiger partial charge in [-0.05, 0) is 58.7 Å². The van der Waals surface area contributed by atoms with Crippen LogP contribution in [0.4, 0.5) is 10.5 Å². The minimum Gasteiger partial charge on any atom is -0.496 e. The van der Waals surface area contributed by atoms with Crippen LogP contribution in [0.25, 0.3) is 11.1 Å². The molecule has 0 fully saturated rings. The van der Waals surface area contributed by atoms with Crippen LogP contribution in [0.3, 0.4) is 0 Å². The predicted octanol–water partition coefficient (Wildman–Crippen LogP) is 5.10. The molecule has 3 N–H and O–H groups in total. The van der Waals surface area contributed by atoms with E-state index in [1.54, 1.807) is 7.11 Å². The fraction of sp³-hybridized carbons (Fsp3) is 0.0952. The molecule has 0 aliphatic rings. The van der Waals surface area contributed by atoms with Crippen molar-refractivity contribution in [3.63, 3.8) is 0 Å². The number of nitrogens with two attached hydrogens (primary N) is 1. The highest BCUT2D eigenvalue weighted by Gasteiger charge is 2.08. The summed E-state index contributed by atoms with van der Waals surface area (Å²) in [5.74, 6) is 0.829. The smallest absolute Gasteiger partial charge is 0.316 e. The van der Waals surface area contributed by atoms with E-state index in [1.807, 2.05) is 60.7 Å². The molecule has 4 nitrogen and oxygen atoms in total. The van der Waals surface area contributed by atoms with Gasteiger partial charge in [0.25, 0.3) is 0 Å². The molecule has 0 bridgehead atoms. The zero-order chi connectivity index (χ0) is 18.5. The van der Waals surface area contributed by atoms with Crippen LogP contribution < -0.4 is 15.8 Å². The number of rotatable bonds is 5. The van der Waals surface area contributed by atoms with Crippen LogP contribution in [0, 0.1) is 0 Å². The van der Waals surface area contributed by atoms with E-state index in [9.17, 15) is 4.79 Å². The SMILES string of the molecule is COc1ccc(-c2cccc(Cl)c2)cc1Cc1ccc(NC(N)=O)cc1. The van der Waals surface area contributed by atoms with Crippen molar-refractivity contribution in [2.24, 2.45) is 5.73 Å². The van der Waals surface area contributed by atoms with Gasteiger partial charge in [-0.15, -0.1) is 0 Å². The zero-order valence-corrected chi connectivity index (χ0v) is 15.1. The minimum atomic E-state index is -0.575. The lowest BCUT2D eigenvalue weighted by molar-refractivity contribution is 0.259. The lowest BCUT2D eigenvalue weighted by atomic mass is 9.98. The van der Waals surface area contributed by atoms with Gasteiger partial charge in [0.15, 0.2) is 0 Å². The predicted molar refractivity (Wildman–Crippen MR) is 106 cm³/mol. The number of amides is 2. The molecular weight excluding hydrogens is 348 g/mol. The van der Waals surface area contributed by atoms with Crippen molar-refractivity contribution in [2.75, 3.05) is 12.4 Å². The topological polar surface area (TPSA) is 64.3 Å². The molecule has 0 aromatic heterocycles. The molecule has 0 saturated carbocycles. The van der Waals surface area contributed by atoms with Gasteiger partial charge in [0.05, 0.1) is 7.11 Å². The number of halogens is 1. The molecule has 0 spiro atoms. The van der Waals surface area contributed by atoms with Gasteiger partial charge in [-0.25, -0.2) is 4.79 Å². The van der Waals surface area contributed by atoms with Crippen LogP contribution >= 0.6 is 11.6 Å². The first-order chi connectivity index (χ1) is 12.5. The van der Waals surface area contributed by atoms with Crippen molar-refractivity contribution in [1.82, 2.24) is 0 Å². The summed E-state index contributed by atoms with van der Waals surface area (Å²) in [6.07, 6.45) is 0.703. The Balaban J connectivity index is 1.88. The number of hydrogen-bond donors (Lipinski definition) is 2. The molecule has 5 heteroatoms. The highest BCUT2D eigenvalue weighted by atomic mass is 35.5. The molecular formula is C21H19ClN2O2. The molecule has 0 saturated heterocycles. The molecule has 0 unspecified atom stereocenters. The van der Waals surface area contributed by atoms with E-state index in [1.165, 1.54) is 0 Å². The third kappa shape index (κ3) is 4.35. The number of methoxy groups -OCH3 is 1. The number of anilines is 1. The maximum Gasteiger partial charge on any atom is 0.316 e. The molecule has 0 aliphatic heterocycles. The summed E-state index contributed by atoms with van der Waals surface area (Å²) in [5, 5.41) is 3.26. The lowest BCUT2D eigenvalue weighted by Gasteiger charge is -2.12. The summed E-state index contributed by atoms with van der Waals surface area (Å²) < 4.78 is 5.51. The second-order valence-electron chi connectivity index (χ2n) is 5.90. The monoisotopic (exact) mass is 366 g/mol. The summed E-state index contributed by atoms with van der Waals surface area (Å²) in [6.45, 7) is 0. The molecule has 0 atom stereocenters. The number of primary amides is 1. The first-order valence-corrected chi connectivity index (χ1v) is 8.51. The van der Waals surface area contributed by atoms with E-state index < -0.39 is 6.03 Å². The van der Waals surface area contributed by atoms with Gasteiger partial charge in [0.2, 0.25) is 0 Å². The Morgan fingerprint density at radius 3 is 2.42 bits per heavy atom. The van der Waals surface area contributed by atoms with Crippen molar-refractivity contribution in [2.45, 2.75) is 6.42 Å². The first-order valence-electron chi connectivity index (χ1n) is 8.13. The normalized spacial score (nSPS) is 10.4. The molecule has 3 aromatic carbocycles. The number of carbonyl (C=O) groups excluding carboxylic acids is 1. The quantitative estimate of drug-likeness (QED) is 0.660. The maximum atomic E-state index is 10.9. The van der Waals surface area contributed by atoms with E-state index in [2.05, 4.69) is 11.4 Å². The fourth-order valence-corrected chi connectivity index (χ4v) is 3.02. The van der Waals surface area contributed by atoms with Gasteiger partial charge in [0.1, 0.15) is 5.75 Å². The van der Waals surface area contributed by atoms with Crippen molar-refractivity contribution in [3.8, 4) is 16.9 Å². The highest BCUT2D eigenvalue weighted by Crippen LogP contribution is 2.30. The number of ether oxygens (including phenoxy) is 1. The Morgan fingerprint density at radius 1 is 1.04 bits per heavy atom. The van der Waals surface area contributed by atoms with Gasteiger partial charge < -0.3 is 15.8 Å². The second-order valence-corrected chi connectivity index (χ2v) is 6.34. The minimum absolute atomic E-state index is 0.575. The van der Waals surface area contributed by atoms with Crippen LogP contribution in [0.15, 0.2) is 66.7 Å². The van der Waals surface area contributed by atoms with Crippen LogP contribution in [0.1, 0.15) is 11.1 Å². The van der Waals surface area contributed by atoms with Gasteiger partial charge >= 0.3 is 6.03 Å². The summed E-state index contributed by atoms with van der Waals surface area (Å²) in [7, 11) is 1.66. The third-order valence-electron chi connectivity index (χ3n) is 4.05. The molecule has 0 heterocycles. The van der Waals surface area contributed by atoms with Gasteiger partial charge in [-0.1, -0.05) is 41.9 Å². The van der Waals surface area contributed by atoms with Gasteiger partial charge in [0, 0.05) is 17.1 Å². The molecule has 3 aromatic rings. The highest BCUT2D eigenvalue weighted by molar-refractivity contribution is 6.30. The summed E-state index contributed by atoms with van der Waals surface area (Å²) in [6, 6.07) is 20.9. The number of carbonyl (C=O) groups is 1. The van der Waals surface area contributed by atoms with Crippen LogP contribution in [-0.2, 0) is 6.42 Å².